The monoisotopic (exact) mass is 496 g/mol. The maximum Gasteiger partial charge on any atom is 0.119 e. The minimum absolute atomic E-state index is 0.737. The molecule has 1 aliphatic heterocycles. The van der Waals surface area contributed by atoms with Crippen LogP contribution < -0.4 is 9.47 Å². The Bertz CT molecular complexity index is 778. The van der Waals surface area contributed by atoms with Gasteiger partial charge in [0, 0.05) is 25.9 Å². The van der Waals surface area contributed by atoms with E-state index in [0.717, 1.165) is 50.6 Å². The zero-order valence-electron chi connectivity index (χ0n) is 23.4. The van der Waals surface area contributed by atoms with Crippen molar-refractivity contribution in [3.63, 3.8) is 0 Å². The van der Waals surface area contributed by atoms with Gasteiger partial charge in [-0.05, 0) is 95.7 Å². The Kier molecular flexibility index (Phi) is 12.1. The van der Waals surface area contributed by atoms with Crippen LogP contribution in [0.4, 0.5) is 0 Å². The minimum atomic E-state index is 0.737. The zero-order valence-corrected chi connectivity index (χ0v) is 23.4. The van der Waals surface area contributed by atoms with Gasteiger partial charge in [0.05, 0.1) is 26.2 Å². The van der Waals surface area contributed by atoms with Crippen LogP contribution in [-0.2, 0) is 12.8 Å². The summed E-state index contributed by atoms with van der Waals surface area (Å²) in [4.78, 5) is 4.29. The van der Waals surface area contributed by atoms with Crippen molar-refractivity contribution in [2.75, 3.05) is 80.7 Å². The molecule has 0 bridgehead atoms. The average molecular weight is 497 g/mol. The molecular formula is C31H50N3O2+. The second-order valence-electron chi connectivity index (χ2n) is 11.1. The maximum absolute atomic E-state index is 5.85. The second kappa shape index (κ2) is 15.2. The predicted molar refractivity (Wildman–Crippen MR) is 151 cm³/mol. The van der Waals surface area contributed by atoms with Crippen LogP contribution in [0, 0.1) is 0 Å². The number of ether oxygens (including phenoxy) is 2. The molecule has 0 spiro atoms. The van der Waals surface area contributed by atoms with Gasteiger partial charge in [0.1, 0.15) is 24.7 Å². The third-order valence-corrected chi connectivity index (χ3v) is 7.42. The molecular weight excluding hydrogens is 446 g/mol. The first kappa shape index (κ1) is 28.5. The van der Waals surface area contributed by atoms with Gasteiger partial charge >= 0.3 is 0 Å². The molecule has 0 aliphatic carbocycles. The van der Waals surface area contributed by atoms with Crippen molar-refractivity contribution in [3.8, 4) is 11.5 Å². The number of rotatable bonds is 16. The number of nitrogens with zero attached hydrogens (tertiary/aromatic N) is 3. The molecule has 5 heteroatoms. The van der Waals surface area contributed by atoms with Crippen molar-refractivity contribution in [2.24, 2.45) is 0 Å². The first-order chi connectivity index (χ1) is 17.4. The van der Waals surface area contributed by atoms with Crippen LogP contribution >= 0.6 is 0 Å². The number of piperidine rings is 1. The van der Waals surface area contributed by atoms with Gasteiger partial charge in [-0.25, -0.2) is 0 Å². The predicted octanol–water partition coefficient (Wildman–Crippen LogP) is 5.13. The Morgan fingerprint density at radius 3 is 1.42 bits per heavy atom. The minimum Gasteiger partial charge on any atom is -0.492 e. The van der Waals surface area contributed by atoms with Gasteiger partial charge in [0.25, 0.3) is 0 Å². The Balaban J connectivity index is 1.41. The van der Waals surface area contributed by atoms with Gasteiger partial charge in [-0.15, -0.1) is 0 Å². The van der Waals surface area contributed by atoms with Crippen LogP contribution in [0.15, 0.2) is 48.5 Å². The van der Waals surface area contributed by atoms with Crippen molar-refractivity contribution in [3.05, 3.63) is 59.7 Å². The fourth-order valence-corrected chi connectivity index (χ4v) is 5.18. The molecule has 200 valence electrons. The number of aryl methyl sites for hydroxylation is 2. The van der Waals surface area contributed by atoms with E-state index in [2.05, 4.69) is 86.5 Å². The third-order valence-electron chi connectivity index (χ3n) is 7.42. The molecule has 0 atom stereocenters. The molecule has 0 aromatic heterocycles. The fraction of sp³-hybridized carbons (Fsp3) is 0.613. The number of likely N-dealkylation sites (tertiary alicyclic amines) is 1. The lowest BCUT2D eigenvalue weighted by molar-refractivity contribution is -0.932. The molecule has 0 radical (unpaired) electrons. The van der Waals surface area contributed by atoms with Crippen molar-refractivity contribution in [1.29, 1.82) is 0 Å². The Hall–Kier alpha value is -2.08. The molecule has 1 saturated heterocycles. The lowest BCUT2D eigenvalue weighted by Crippen LogP contribution is -2.52. The van der Waals surface area contributed by atoms with Gasteiger partial charge in [-0.3, -0.25) is 0 Å². The SMILES string of the molecule is CN(C)CCOc1ccc(CCC[N+]2(CCCc3ccc(OCCN(C)C)cc3)CCCCC2)cc1. The second-order valence-corrected chi connectivity index (χ2v) is 11.1. The molecule has 1 heterocycles. The lowest BCUT2D eigenvalue weighted by atomic mass is 10.0. The van der Waals surface area contributed by atoms with Gasteiger partial charge in [0.15, 0.2) is 0 Å². The molecule has 0 saturated carbocycles. The highest BCUT2D eigenvalue weighted by atomic mass is 16.5. The van der Waals surface area contributed by atoms with Gasteiger partial charge in [-0.2, -0.15) is 0 Å². The van der Waals surface area contributed by atoms with Crippen molar-refractivity contribution in [2.45, 2.75) is 44.9 Å². The summed E-state index contributed by atoms with van der Waals surface area (Å²) in [5.74, 6) is 1.96. The van der Waals surface area contributed by atoms with E-state index in [0.29, 0.717) is 0 Å². The fourth-order valence-electron chi connectivity index (χ4n) is 5.18. The third kappa shape index (κ3) is 10.5. The molecule has 3 rings (SSSR count). The smallest absolute Gasteiger partial charge is 0.119 e. The van der Waals surface area contributed by atoms with E-state index in [1.54, 1.807) is 0 Å². The number of hydrogen-bond donors (Lipinski definition) is 0. The molecule has 2 aromatic rings. The molecule has 36 heavy (non-hydrogen) atoms. The largest absolute Gasteiger partial charge is 0.492 e. The standard InChI is InChI=1S/C31H50N3O2/c1-32(2)20-26-35-30-16-12-28(13-17-30)10-8-24-34(22-6-5-7-23-34)25-9-11-29-14-18-31(19-15-29)36-27-21-33(3)4/h12-19H,5-11,20-27H2,1-4H3/q+1. The number of quaternary nitrogens is 1. The summed E-state index contributed by atoms with van der Waals surface area (Å²) in [6, 6.07) is 17.5. The highest BCUT2D eigenvalue weighted by Gasteiger charge is 2.28. The molecule has 0 unspecified atom stereocenters. The van der Waals surface area contributed by atoms with E-state index in [9.17, 15) is 0 Å². The Morgan fingerprint density at radius 2 is 1.03 bits per heavy atom. The van der Waals surface area contributed by atoms with E-state index >= 15 is 0 Å². The summed E-state index contributed by atoms with van der Waals surface area (Å²) in [5.41, 5.74) is 2.86. The summed E-state index contributed by atoms with van der Waals surface area (Å²) in [6.07, 6.45) is 9.03. The summed E-state index contributed by atoms with van der Waals surface area (Å²) in [6.45, 7) is 8.69. The summed E-state index contributed by atoms with van der Waals surface area (Å²) in [7, 11) is 8.30. The normalized spacial score (nSPS) is 15.4. The van der Waals surface area contributed by atoms with Crippen molar-refractivity contribution in [1.82, 2.24) is 9.80 Å². The van der Waals surface area contributed by atoms with Crippen LogP contribution in [0.2, 0.25) is 0 Å². The molecule has 1 fully saturated rings. The Labute approximate surface area is 220 Å². The molecule has 1 aliphatic rings. The van der Waals surface area contributed by atoms with E-state index in [1.807, 2.05) is 0 Å². The molecule has 5 nitrogen and oxygen atoms in total. The highest BCUT2D eigenvalue weighted by molar-refractivity contribution is 5.28. The maximum atomic E-state index is 5.85. The van der Waals surface area contributed by atoms with Gasteiger partial charge < -0.3 is 23.8 Å². The number of likely N-dealkylation sites (N-methyl/N-ethyl adjacent to an activating group) is 2. The van der Waals surface area contributed by atoms with E-state index in [-0.39, 0.29) is 0 Å². The summed E-state index contributed by atoms with van der Waals surface area (Å²) < 4.78 is 13.0. The topological polar surface area (TPSA) is 24.9 Å². The van der Waals surface area contributed by atoms with Crippen molar-refractivity contribution < 1.29 is 14.0 Å². The zero-order chi connectivity index (χ0) is 25.6. The van der Waals surface area contributed by atoms with Crippen LogP contribution in [0.25, 0.3) is 0 Å². The summed E-state index contributed by atoms with van der Waals surface area (Å²) in [5, 5.41) is 0. The van der Waals surface area contributed by atoms with Crippen LogP contribution in [0.3, 0.4) is 0 Å². The molecule has 0 amide bonds. The van der Waals surface area contributed by atoms with E-state index in [4.69, 9.17) is 9.47 Å². The summed E-state index contributed by atoms with van der Waals surface area (Å²) >= 11 is 0. The van der Waals surface area contributed by atoms with E-state index in [1.165, 1.54) is 73.9 Å². The average Bonchev–Trinajstić information content (AvgIpc) is 2.86. The van der Waals surface area contributed by atoms with Gasteiger partial charge in [0.2, 0.25) is 0 Å². The van der Waals surface area contributed by atoms with Crippen LogP contribution in [-0.4, -0.2) is 95.0 Å². The first-order valence-electron chi connectivity index (χ1n) is 14.0. The van der Waals surface area contributed by atoms with Crippen LogP contribution in [0.1, 0.15) is 43.2 Å². The Morgan fingerprint density at radius 1 is 0.611 bits per heavy atom. The highest BCUT2D eigenvalue weighted by Crippen LogP contribution is 2.23. The van der Waals surface area contributed by atoms with E-state index < -0.39 is 0 Å². The van der Waals surface area contributed by atoms with Crippen LogP contribution in [0.5, 0.6) is 11.5 Å². The molecule has 2 aromatic carbocycles. The quantitative estimate of drug-likeness (QED) is 0.301. The lowest BCUT2D eigenvalue weighted by Gasteiger charge is -2.42. The number of hydrogen-bond acceptors (Lipinski definition) is 4. The first-order valence-corrected chi connectivity index (χ1v) is 14.0. The number of benzene rings is 2. The van der Waals surface area contributed by atoms with Crippen molar-refractivity contribution >= 4 is 0 Å². The van der Waals surface area contributed by atoms with Gasteiger partial charge in [-0.1, -0.05) is 24.3 Å². The molecule has 0 N–H and O–H groups in total.